The summed E-state index contributed by atoms with van der Waals surface area (Å²) in [5.41, 5.74) is -0.245. The van der Waals surface area contributed by atoms with E-state index in [0.29, 0.717) is 5.82 Å². The summed E-state index contributed by atoms with van der Waals surface area (Å²) in [5, 5.41) is 10.3. The van der Waals surface area contributed by atoms with Crippen molar-refractivity contribution in [2.45, 2.75) is 13.5 Å². The largest absolute Gasteiger partial charge is 0.504 e. The molecule has 0 bridgehead atoms. The molecule has 33 heavy (non-hydrogen) atoms. The Balaban J connectivity index is 1.80. The minimum atomic E-state index is -1.14. The van der Waals surface area contributed by atoms with Gasteiger partial charge in [-0.2, -0.15) is 4.98 Å². The maximum atomic E-state index is 14.3. The Labute approximate surface area is 190 Å². The molecular weight excluding hydrogens is 462 g/mol. The molecule has 2 heterocycles. The number of rotatable bonds is 6. The molecule has 2 aromatic heterocycles. The topological polar surface area (TPSA) is 111 Å². The van der Waals surface area contributed by atoms with Gasteiger partial charge >= 0.3 is 5.69 Å². The Morgan fingerprint density at radius 3 is 2.61 bits per heavy atom. The summed E-state index contributed by atoms with van der Waals surface area (Å²) in [6, 6.07) is 4.62. The minimum absolute atomic E-state index is 0.00704. The molecule has 172 valence electrons. The first-order valence-electron chi connectivity index (χ1n) is 9.45. The van der Waals surface area contributed by atoms with E-state index in [2.05, 4.69) is 15.0 Å². The first-order chi connectivity index (χ1) is 15.7. The van der Waals surface area contributed by atoms with Gasteiger partial charge < -0.3 is 19.3 Å². The van der Waals surface area contributed by atoms with E-state index in [1.54, 1.807) is 6.92 Å². The molecule has 0 fully saturated rings. The van der Waals surface area contributed by atoms with Crippen LogP contribution < -0.4 is 19.9 Å². The number of hydrogen-bond donors (Lipinski definition) is 2. The van der Waals surface area contributed by atoms with Crippen LogP contribution in [0.5, 0.6) is 23.1 Å². The molecule has 0 aliphatic carbocycles. The highest BCUT2D eigenvalue weighted by atomic mass is 35.5. The van der Waals surface area contributed by atoms with Crippen LogP contribution in [0, 0.1) is 18.6 Å². The number of hydrogen-bond acceptors (Lipinski definition) is 7. The lowest BCUT2D eigenvalue weighted by molar-refractivity contribution is 0.273. The predicted molar refractivity (Wildman–Crippen MR) is 115 cm³/mol. The maximum Gasteiger partial charge on any atom is 0.332 e. The standard InChI is InChI=1S/C21H17ClF2N4O5/c1-9-25-19-18(20(26-9)32-3)27-21(30)28(19)13-7-16(14(29)6-11(13)22)33-8-10-15(31-2)5-4-12(23)17(10)24/h4-7,29H,8H2,1-3H3,(H,27,30). The van der Waals surface area contributed by atoms with E-state index in [-0.39, 0.29) is 50.6 Å². The van der Waals surface area contributed by atoms with Crippen LogP contribution in [0.2, 0.25) is 5.02 Å². The smallest absolute Gasteiger partial charge is 0.332 e. The Kier molecular flexibility index (Phi) is 5.81. The average molecular weight is 479 g/mol. The van der Waals surface area contributed by atoms with Gasteiger partial charge in [-0.3, -0.25) is 4.98 Å². The Morgan fingerprint density at radius 2 is 1.91 bits per heavy atom. The number of benzene rings is 2. The van der Waals surface area contributed by atoms with Gasteiger partial charge in [0.05, 0.1) is 30.5 Å². The molecule has 4 aromatic rings. The third-order valence-electron chi connectivity index (χ3n) is 4.82. The zero-order valence-electron chi connectivity index (χ0n) is 17.6. The molecule has 0 saturated carbocycles. The van der Waals surface area contributed by atoms with Crippen molar-refractivity contribution in [3.63, 3.8) is 0 Å². The van der Waals surface area contributed by atoms with Gasteiger partial charge in [0.15, 0.2) is 28.8 Å². The van der Waals surface area contributed by atoms with Crippen molar-refractivity contribution in [2.75, 3.05) is 14.2 Å². The second kappa shape index (κ2) is 8.58. The molecule has 0 atom stereocenters. The van der Waals surface area contributed by atoms with Gasteiger partial charge in [-0.1, -0.05) is 11.6 Å². The third kappa shape index (κ3) is 3.91. The van der Waals surface area contributed by atoms with Crippen LogP contribution in [0.25, 0.3) is 16.9 Å². The van der Waals surface area contributed by atoms with Crippen LogP contribution in [0.15, 0.2) is 29.1 Å². The number of H-pyrrole nitrogens is 1. The number of aromatic amines is 1. The normalized spacial score (nSPS) is 11.1. The summed E-state index contributed by atoms with van der Waals surface area (Å²) in [4.78, 5) is 23.7. The van der Waals surface area contributed by atoms with Crippen molar-refractivity contribution in [3.8, 4) is 28.8 Å². The van der Waals surface area contributed by atoms with E-state index in [1.165, 1.54) is 26.4 Å². The van der Waals surface area contributed by atoms with Crippen molar-refractivity contribution in [1.29, 1.82) is 0 Å². The molecule has 12 heteroatoms. The number of phenolic OH excluding ortho intramolecular Hbond substituents is 1. The summed E-state index contributed by atoms with van der Waals surface area (Å²) in [5.74, 6) is -2.18. The lowest BCUT2D eigenvalue weighted by Crippen LogP contribution is -2.15. The third-order valence-corrected chi connectivity index (χ3v) is 5.13. The highest BCUT2D eigenvalue weighted by Gasteiger charge is 2.21. The molecule has 9 nitrogen and oxygen atoms in total. The number of nitrogens with one attached hydrogen (secondary N) is 1. The summed E-state index contributed by atoms with van der Waals surface area (Å²) >= 11 is 6.30. The maximum absolute atomic E-state index is 14.3. The minimum Gasteiger partial charge on any atom is -0.504 e. The SMILES string of the molecule is COc1ccc(F)c(F)c1COc1cc(-n2c(=O)[nH]c3c(OC)nc(C)nc32)c(Cl)cc1O. The van der Waals surface area contributed by atoms with Crippen LogP contribution in [-0.4, -0.2) is 38.8 Å². The van der Waals surface area contributed by atoms with E-state index in [1.807, 2.05) is 0 Å². The van der Waals surface area contributed by atoms with Gasteiger partial charge in [0, 0.05) is 12.1 Å². The molecule has 2 aromatic carbocycles. The van der Waals surface area contributed by atoms with Crippen LogP contribution in [0.3, 0.4) is 0 Å². The molecule has 0 aliphatic rings. The molecule has 0 amide bonds. The van der Waals surface area contributed by atoms with Gasteiger partial charge in [0.1, 0.15) is 23.7 Å². The molecular formula is C21H17ClF2N4O5. The lowest BCUT2D eigenvalue weighted by atomic mass is 10.2. The average Bonchev–Trinajstić information content (AvgIpc) is 3.10. The number of aryl methyl sites for hydroxylation is 1. The number of methoxy groups -OCH3 is 2. The quantitative estimate of drug-likeness (QED) is 0.435. The van der Waals surface area contributed by atoms with E-state index < -0.39 is 23.9 Å². The van der Waals surface area contributed by atoms with Gasteiger partial charge in [-0.15, -0.1) is 0 Å². The number of imidazole rings is 1. The molecule has 0 radical (unpaired) electrons. The highest BCUT2D eigenvalue weighted by molar-refractivity contribution is 6.32. The fraction of sp³-hybridized carbons (Fsp3) is 0.190. The Bertz CT molecular complexity index is 1440. The van der Waals surface area contributed by atoms with Crippen LogP contribution >= 0.6 is 11.6 Å². The first-order valence-corrected chi connectivity index (χ1v) is 9.82. The monoisotopic (exact) mass is 478 g/mol. The molecule has 0 saturated heterocycles. The number of aromatic nitrogens is 4. The predicted octanol–water partition coefficient (Wildman–Crippen LogP) is 3.65. The number of fused-ring (bicyclic) bond motifs is 1. The van der Waals surface area contributed by atoms with Crippen LogP contribution in [0.1, 0.15) is 11.4 Å². The van der Waals surface area contributed by atoms with E-state index in [4.69, 9.17) is 25.8 Å². The van der Waals surface area contributed by atoms with Crippen molar-refractivity contribution in [2.24, 2.45) is 0 Å². The number of phenols is 1. The Hall–Kier alpha value is -3.86. The lowest BCUT2D eigenvalue weighted by Gasteiger charge is -2.14. The van der Waals surface area contributed by atoms with Crippen molar-refractivity contribution in [3.05, 3.63) is 62.8 Å². The zero-order valence-corrected chi connectivity index (χ0v) is 18.3. The van der Waals surface area contributed by atoms with Gasteiger partial charge in [-0.25, -0.2) is 23.1 Å². The van der Waals surface area contributed by atoms with Crippen molar-refractivity contribution in [1.82, 2.24) is 19.5 Å². The van der Waals surface area contributed by atoms with E-state index in [9.17, 15) is 18.7 Å². The van der Waals surface area contributed by atoms with Gasteiger partial charge in [-0.05, 0) is 19.1 Å². The van der Waals surface area contributed by atoms with Crippen molar-refractivity contribution < 1.29 is 28.1 Å². The number of ether oxygens (including phenoxy) is 3. The summed E-state index contributed by atoms with van der Waals surface area (Å²) in [7, 11) is 2.70. The zero-order chi connectivity index (χ0) is 23.9. The van der Waals surface area contributed by atoms with Crippen LogP contribution in [0.4, 0.5) is 8.78 Å². The molecule has 0 aliphatic heterocycles. The fourth-order valence-corrected chi connectivity index (χ4v) is 3.55. The second-order valence-corrected chi connectivity index (χ2v) is 7.25. The highest BCUT2D eigenvalue weighted by Crippen LogP contribution is 2.36. The first kappa shape index (κ1) is 22.3. The molecule has 0 spiro atoms. The van der Waals surface area contributed by atoms with Gasteiger partial charge in [0.25, 0.3) is 0 Å². The summed E-state index contributed by atoms with van der Waals surface area (Å²) in [6.07, 6.45) is 0. The van der Waals surface area contributed by atoms with E-state index in [0.717, 1.165) is 16.7 Å². The summed E-state index contributed by atoms with van der Waals surface area (Å²) < 4.78 is 44.9. The second-order valence-electron chi connectivity index (χ2n) is 6.85. The Morgan fingerprint density at radius 1 is 1.15 bits per heavy atom. The van der Waals surface area contributed by atoms with Crippen LogP contribution in [-0.2, 0) is 6.61 Å². The molecule has 0 unspecified atom stereocenters. The summed E-state index contributed by atoms with van der Waals surface area (Å²) in [6.45, 7) is 1.15. The number of nitrogens with zero attached hydrogens (tertiary/aromatic N) is 3. The number of aromatic hydroxyl groups is 1. The number of halogens is 3. The molecule has 2 N–H and O–H groups in total. The van der Waals surface area contributed by atoms with Crippen molar-refractivity contribution >= 4 is 22.8 Å². The van der Waals surface area contributed by atoms with E-state index >= 15 is 0 Å². The molecule has 4 rings (SSSR count). The fourth-order valence-electron chi connectivity index (χ4n) is 3.30. The van der Waals surface area contributed by atoms with Gasteiger partial charge in [0.2, 0.25) is 5.88 Å².